The lowest BCUT2D eigenvalue weighted by Gasteiger charge is -2.20. The first-order valence-electron chi connectivity index (χ1n) is 6.15. The Kier molecular flexibility index (Phi) is 6.15. The third-order valence-corrected chi connectivity index (χ3v) is 3.30. The zero-order chi connectivity index (χ0) is 12.1. The van der Waals surface area contributed by atoms with Gasteiger partial charge in [0.1, 0.15) is 12.4 Å². The molecule has 1 fully saturated rings. The maximum absolute atomic E-state index is 8.61. The Bertz CT molecular complexity index is 387. The molecule has 18 heavy (non-hydrogen) atoms. The monoisotopic (exact) mass is 273 g/mol. The van der Waals surface area contributed by atoms with Gasteiger partial charge in [-0.15, -0.1) is 0 Å². The second-order valence-electron chi connectivity index (χ2n) is 4.54. The lowest BCUT2D eigenvalue weighted by atomic mass is 9.98. The van der Waals surface area contributed by atoms with Gasteiger partial charge in [-0.3, -0.25) is 0 Å². The van der Waals surface area contributed by atoms with Crippen LogP contribution in [0.5, 0.6) is 0 Å². The van der Waals surface area contributed by atoms with E-state index in [1.807, 2.05) is 28.6 Å². The summed E-state index contributed by atoms with van der Waals surface area (Å²) in [4.78, 5) is 0. The average Bonchev–Trinajstić information content (AvgIpc) is 2.70. The fourth-order valence-electron chi connectivity index (χ4n) is 2.28. The van der Waals surface area contributed by atoms with E-state index in [1.54, 1.807) is 0 Å². The Hall–Kier alpha value is -1.07. The van der Waals surface area contributed by atoms with E-state index in [2.05, 4.69) is 5.16 Å². The number of imidazole rings is 1. The van der Waals surface area contributed by atoms with E-state index in [4.69, 9.17) is 9.94 Å². The van der Waals surface area contributed by atoms with Crippen LogP contribution in [0.3, 0.4) is 0 Å². The molecule has 0 aliphatic heterocycles. The van der Waals surface area contributed by atoms with Gasteiger partial charge < -0.3 is 22.4 Å². The van der Waals surface area contributed by atoms with E-state index < -0.39 is 0 Å². The molecule has 1 saturated carbocycles. The number of aromatic nitrogens is 2. The summed E-state index contributed by atoms with van der Waals surface area (Å²) in [6, 6.07) is 0. The molecular weight excluding hydrogens is 254 g/mol. The Morgan fingerprint density at radius 2 is 2.22 bits per heavy atom. The van der Waals surface area contributed by atoms with Crippen molar-refractivity contribution in [3.63, 3.8) is 0 Å². The first-order chi connectivity index (χ1) is 8.31. The number of nitrogens with zero attached hydrogens (tertiary/aromatic N) is 3. The standard InChI is InChI=1S/C12H19N3O2.ClH/c1-14-7-8-15(12(14)9-13-16)10-17-11-5-3-2-4-6-11;/h7-9,11H,2-6,10H2,1H3;1H. The maximum atomic E-state index is 8.61. The van der Waals surface area contributed by atoms with E-state index in [-0.39, 0.29) is 12.4 Å². The SMILES string of the molecule is C[n+]1ccn(COC2CCCCC2)c1/C=N/O.[Cl-]. The molecule has 5 nitrogen and oxygen atoms in total. The molecule has 0 spiro atoms. The first kappa shape index (κ1) is 15.0. The second-order valence-corrected chi connectivity index (χ2v) is 4.54. The Balaban J connectivity index is 0.00000162. The highest BCUT2D eigenvalue weighted by atomic mass is 35.5. The van der Waals surface area contributed by atoms with Gasteiger partial charge in [0.05, 0.1) is 13.2 Å². The highest BCUT2D eigenvalue weighted by molar-refractivity contribution is 5.72. The summed E-state index contributed by atoms with van der Waals surface area (Å²) in [6.45, 7) is 0.521. The van der Waals surface area contributed by atoms with Crippen molar-refractivity contribution in [3.05, 3.63) is 18.2 Å². The first-order valence-corrected chi connectivity index (χ1v) is 6.15. The van der Waals surface area contributed by atoms with Crippen LogP contribution >= 0.6 is 0 Å². The molecule has 0 radical (unpaired) electrons. The molecule has 1 aliphatic carbocycles. The van der Waals surface area contributed by atoms with Crippen LogP contribution in [0.4, 0.5) is 0 Å². The van der Waals surface area contributed by atoms with Gasteiger partial charge in [0, 0.05) is 0 Å². The van der Waals surface area contributed by atoms with Gasteiger partial charge in [0.15, 0.2) is 12.9 Å². The van der Waals surface area contributed by atoms with Gasteiger partial charge in [0.2, 0.25) is 0 Å². The smallest absolute Gasteiger partial charge is 0.305 e. The number of oxime groups is 1. The predicted octanol–water partition coefficient (Wildman–Crippen LogP) is -1.57. The van der Waals surface area contributed by atoms with Crippen LogP contribution in [-0.4, -0.2) is 22.1 Å². The molecule has 0 saturated heterocycles. The molecule has 0 aromatic carbocycles. The summed E-state index contributed by atoms with van der Waals surface area (Å²) in [5.74, 6) is 0.823. The second kappa shape index (κ2) is 7.38. The molecule has 0 amide bonds. The third-order valence-electron chi connectivity index (χ3n) is 3.30. The molecular formula is C12H20ClN3O2. The minimum absolute atomic E-state index is 0. The van der Waals surface area contributed by atoms with Crippen LogP contribution in [-0.2, 0) is 18.5 Å². The van der Waals surface area contributed by atoms with E-state index in [1.165, 1.54) is 25.5 Å². The minimum atomic E-state index is 0. The van der Waals surface area contributed by atoms with Gasteiger partial charge in [-0.2, -0.15) is 0 Å². The zero-order valence-electron chi connectivity index (χ0n) is 10.6. The molecule has 1 aromatic rings. The zero-order valence-corrected chi connectivity index (χ0v) is 11.4. The van der Waals surface area contributed by atoms with Crippen molar-refractivity contribution in [2.24, 2.45) is 12.2 Å². The quantitative estimate of drug-likeness (QED) is 0.312. The van der Waals surface area contributed by atoms with Crippen molar-refractivity contribution in [3.8, 4) is 0 Å². The van der Waals surface area contributed by atoms with Gasteiger partial charge >= 0.3 is 5.82 Å². The van der Waals surface area contributed by atoms with E-state index in [0.29, 0.717) is 12.8 Å². The van der Waals surface area contributed by atoms with Crippen molar-refractivity contribution in [2.45, 2.75) is 44.9 Å². The van der Waals surface area contributed by atoms with Crippen molar-refractivity contribution in [1.29, 1.82) is 0 Å². The van der Waals surface area contributed by atoms with Crippen LogP contribution in [0.2, 0.25) is 0 Å². The molecule has 1 N–H and O–H groups in total. The number of hydrogen-bond acceptors (Lipinski definition) is 3. The molecule has 0 bridgehead atoms. The van der Waals surface area contributed by atoms with Gasteiger partial charge in [0.25, 0.3) is 0 Å². The van der Waals surface area contributed by atoms with Crippen LogP contribution in [0, 0.1) is 0 Å². The highest BCUT2D eigenvalue weighted by Gasteiger charge is 2.17. The molecule has 0 unspecified atom stereocenters. The summed E-state index contributed by atoms with van der Waals surface area (Å²) in [5.41, 5.74) is 0. The summed E-state index contributed by atoms with van der Waals surface area (Å²) in [6.07, 6.45) is 11.9. The molecule has 0 atom stereocenters. The summed E-state index contributed by atoms with van der Waals surface area (Å²) >= 11 is 0. The van der Waals surface area contributed by atoms with Crippen LogP contribution in [0.25, 0.3) is 0 Å². The lowest BCUT2D eigenvalue weighted by Crippen LogP contribution is -3.00. The topological polar surface area (TPSA) is 50.6 Å². The number of rotatable bonds is 4. The normalized spacial score (nSPS) is 16.9. The Morgan fingerprint density at radius 3 is 2.89 bits per heavy atom. The predicted molar refractivity (Wildman–Crippen MR) is 62.9 cm³/mol. The van der Waals surface area contributed by atoms with Gasteiger partial charge in [-0.1, -0.05) is 24.4 Å². The summed E-state index contributed by atoms with van der Waals surface area (Å²) in [5, 5.41) is 11.7. The van der Waals surface area contributed by atoms with E-state index in [9.17, 15) is 0 Å². The fraction of sp³-hybridized carbons (Fsp3) is 0.667. The Morgan fingerprint density at radius 1 is 1.50 bits per heavy atom. The molecule has 1 heterocycles. The van der Waals surface area contributed by atoms with Crippen molar-refractivity contribution < 1.29 is 26.9 Å². The van der Waals surface area contributed by atoms with Gasteiger partial charge in [-0.05, 0) is 12.8 Å². The van der Waals surface area contributed by atoms with Crippen LogP contribution in [0.1, 0.15) is 37.9 Å². The molecule has 2 rings (SSSR count). The molecule has 1 aromatic heterocycles. The van der Waals surface area contributed by atoms with Crippen LogP contribution < -0.4 is 17.0 Å². The van der Waals surface area contributed by atoms with Crippen LogP contribution in [0.15, 0.2) is 17.5 Å². The largest absolute Gasteiger partial charge is 1.00 e. The van der Waals surface area contributed by atoms with Crippen molar-refractivity contribution in [1.82, 2.24) is 4.57 Å². The number of halogens is 1. The maximum Gasteiger partial charge on any atom is 0.305 e. The summed E-state index contributed by atoms with van der Waals surface area (Å²) in [7, 11) is 1.91. The molecule has 102 valence electrons. The average molecular weight is 274 g/mol. The van der Waals surface area contributed by atoms with E-state index >= 15 is 0 Å². The summed E-state index contributed by atoms with van der Waals surface area (Å²) < 4.78 is 9.71. The highest BCUT2D eigenvalue weighted by Crippen LogP contribution is 2.20. The van der Waals surface area contributed by atoms with Gasteiger partial charge in [-0.25, -0.2) is 9.13 Å². The van der Waals surface area contributed by atoms with Crippen molar-refractivity contribution >= 4 is 6.21 Å². The molecule has 1 aliphatic rings. The minimum Gasteiger partial charge on any atom is -1.00 e. The fourth-order valence-corrected chi connectivity index (χ4v) is 2.28. The number of aryl methyl sites for hydroxylation is 1. The van der Waals surface area contributed by atoms with E-state index in [0.717, 1.165) is 18.7 Å². The lowest BCUT2D eigenvalue weighted by molar-refractivity contribution is -0.672. The molecule has 6 heteroatoms. The third kappa shape index (κ3) is 3.71. The Labute approximate surface area is 113 Å². The number of hydrogen-bond donors (Lipinski definition) is 1. The van der Waals surface area contributed by atoms with Crippen molar-refractivity contribution in [2.75, 3.05) is 0 Å². The number of ether oxygens (including phenoxy) is 1.